The van der Waals surface area contributed by atoms with E-state index in [9.17, 15) is 9.59 Å². The summed E-state index contributed by atoms with van der Waals surface area (Å²) in [5, 5.41) is 3.79. The van der Waals surface area contributed by atoms with Gasteiger partial charge in [-0.25, -0.2) is 4.90 Å². The van der Waals surface area contributed by atoms with Crippen molar-refractivity contribution in [3.05, 3.63) is 94.1 Å². The van der Waals surface area contributed by atoms with E-state index in [1.54, 1.807) is 12.1 Å². The van der Waals surface area contributed by atoms with E-state index in [4.69, 9.17) is 11.6 Å². The number of carbonyl (C=O) groups excluding carboxylic acids is 2. The van der Waals surface area contributed by atoms with Gasteiger partial charge in [-0.3, -0.25) is 9.59 Å². The van der Waals surface area contributed by atoms with E-state index in [1.807, 2.05) is 87.4 Å². The molecule has 0 aliphatic carbocycles. The van der Waals surface area contributed by atoms with Crippen LogP contribution in [0, 0.1) is 13.8 Å². The van der Waals surface area contributed by atoms with E-state index >= 15 is 0 Å². The molecule has 1 N–H and O–H groups in total. The van der Waals surface area contributed by atoms with Gasteiger partial charge >= 0.3 is 0 Å². The van der Waals surface area contributed by atoms with Gasteiger partial charge in [0.25, 0.3) is 11.8 Å². The van der Waals surface area contributed by atoms with Crippen molar-refractivity contribution in [2.45, 2.75) is 13.8 Å². The van der Waals surface area contributed by atoms with Gasteiger partial charge in [-0.1, -0.05) is 53.6 Å². The highest BCUT2D eigenvalue weighted by Gasteiger charge is 2.40. The number of rotatable bonds is 5. The number of amides is 2. The molecule has 2 amide bonds. The SMILES string of the molecule is Cc1ccc(C2=C(Nc3cccc(Cl)c3C)C(=O)N(c3cccc(N(C)C)c3)C2=O)cc1. The third-order valence-corrected chi connectivity index (χ3v) is 5.97. The number of benzene rings is 3. The van der Waals surface area contributed by atoms with Gasteiger partial charge in [-0.05, 0) is 55.3 Å². The average molecular weight is 446 g/mol. The van der Waals surface area contributed by atoms with Crippen LogP contribution >= 0.6 is 11.6 Å². The van der Waals surface area contributed by atoms with Crippen LogP contribution in [0.3, 0.4) is 0 Å². The number of nitrogens with one attached hydrogen (secondary N) is 1. The van der Waals surface area contributed by atoms with Crippen LogP contribution in [0.5, 0.6) is 0 Å². The molecule has 0 fully saturated rings. The lowest BCUT2D eigenvalue weighted by atomic mass is 10.0. The molecule has 3 aromatic rings. The number of nitrogens with zero attached hydrogens (tertiary/aromatic N) is 2. The van der Waals surface area contributed by atoms with Gasteiger partial charge in [0.1, 0.15) is 5.70 Å². The molecular formula is C26H24ClN3O2. The second-order valence-electron chi connectivity index (χ2n) is 8.01. The van der Waals surface area contributed by atoms with Gasteiger partial charge in [-0.15, -0.1) is 0 Å². The molecule has 0 saturated carbocycles. The lowest BCUT2D eigenvalue weighted by molar-refractivity contribution is -0.120. The predicted molar refractivity (Wildman–Crippen MR) is 131 cm³/mol. The van der Waals surface area contributed by atoms with Crippen LogP contribution < -0.4 is 15.1 Å². The first-order valence-corrected chi connectivity index (χ1v) is 10.7. The van der Waals surface area contributed by atoms with Crippen LogP contribution in [0.1, 0.15) is 16.7 Å². The smallest absolute Gasteiger partial charge is 0.282 e. The summed E-state index contributed by atoms with van der Waals surface area (Å²) in [6.45, 7) is 3.85. The lowest BCUT2D eigenvalue weighted by Gasteiger charge is -2.19. The van der Waals surface area contributed by atoms with E-state index in [2.05, 4.69) is 5.32 Å². The van der Waals surface area contributed by atoms with Gasteiger partial charge in [0, 0.05) is 30.5 Å². The lowest BCUT2D eigenvalue weighted by Crippen LogP contribution is -2.32. The van der Waals surface area contributed by atoms with Crippen LogP contribution in [0.2, 0.25) is 5.02 Å². The summed E-state index contributed by atoms with van der Waals surface area (Å²) in [5.74, 6) is -0.766. The molecule has 162 valence electrons. The molecule has 4 rings (SSSR count). The third-order valence-electron chi connectivity index (χ3n) is 5.56. The van der Waals surface area contributed by atoms with Crippen molar-refractivity contribution < 1.29 is 9.59 Å². The van der Waals surface area contributed by atoms with Gasteiger partial charge < -0.3 is 10.2 Å². The Morgan fingerprint density at radius 3 is 2.25 bits per heavy atom. The number of hydrogen-bond acceptors (Lipinski definition) is 4. The van der Waals surface area contributed by atoms with Crippen molar-refractivity contribution in [2.75, 3.05) is 29.2 Å². The molecule has 0 aromatic heterocycles. The van der Waals surface area contributed by atoms with E-state index in [1.165, 1.54) is 4.90 Å². The Bertz CT molecular complexity index is 1250. The topological polar surface area (TPSA) is 52.7 Å². The first-order chi connectivity index (χ1) is 15.3. The van der Waals surface area contributed by atoms with E-state index in [-0.39, 0.29) is 11.6 Å². The normalized spacial score (nSPS) is 13.7. The molecule has 6 heteroatoms. The molecule has 3 aromatic carbocycles. The van der Waals surface area contributed by atoms with E-state index in [0.29, 0.717) is 27.5 Å². The van der Waals surface area contributed by atoms with Gasteiger partial charge in [-0.2, -0.15) is 0 Å². The monoisotopic (exact) mass is 445 g/mol. The highest BCUT2D eigenvalue weighted by Crippen LogP contribution is 2.36. The summed E-state index contributed by atoms with van der Waals surface area (Å²) >= 11 is 6.28. The minimum absolute atomic E-state index is 0.236. The van der Waals surface area contributed by atoms with Gasteiger partial charge in [0.05, 0.1) is 11.3 Å². The van der Waals surface area contributed by atoms with Gasteiger partial charge in [0.15, 0.2) is 0 Å². The standard InChI is InChI=1S/C26H24ClN3O2/c1-16-11-13-18(14-12-16)23-24(28-22-10-6-9-21(27)17(22)2)26(32)30(25(23)31)20-8-5-7-19(15-20)29(3)4/h5-15,28H,1-4H3. The molecule has 1 aliphatic rings. The summed E-state index contributed by atoms with van der Waals surface area (Å²) in [5.41, 5.74) is 5.23. The Labute approximate surface area is 192 Å². The van der Waals surface area contributed by atoms with Crippen molar-refractivity contribution in [1.29, 1.82) is 0 Å². The minimum atomic E-state index is -0.402. The summed E-state index contributed by atoms with van der Waals surface area (Å²) in [7, 11) is 3.83. The molecule has 0 saturated heterocycles. The molecule has 32 heavy (non-hydrogen) atoms. The molecule has 0 radical (unpaired) electrons. The zero-order valence-corrected chi connectivity index (χ0v) is 19.2. The van der Waals surface area contributed by atoms with Crippen LogP contribution in [0.25, 0.3) is 5.57 Å². The highest BCUT2D eigenvalue weighted by atomic mass is 35.5. The average Bonchev–Trinajstić information content (AvgIpc) is 3.01. The fourth-order valence-electron chi connectivity index (χ4n) is 3.66. The van der Waals surface area contributed by atoms with Crippen LogP contribution in [-0.4, -0.2) is 25.9 Å². The molecular weight excluding hydrogens is 422 g/mol. The number of aryl methyl sites for hydroxylation is 1. The molecule has 0 atom stereocenters. The van der Waals surface area contributed by atoms with Crippen LogP contribution in [0.4, 0.5) is 17.1 Å². The molecule has 5 nitrogen and oxygen atoms in total. The van der Waals surface area contributed by atoms with E-state index < -0.39 is 5.91 Å². The highest BCUT2D eigenvalue weighted by molar-refractivity contribution is 6.46. The molecule has 1 heterocycles. The Balaban J connectivity index is 1.84. The maximum Gasteiger partial charge on any atom is 0.282 e. The molecule has 0 spiro atoms. The number of anilines is 3. The van der Waals surface area contributed by atoms with Gasteiger partial charge in [0.2, 0.25) is 0 Å². The largest absolute Gasteiger partial charge is 0.378 e. The second-order valence-corrected chi connectivity index (χ2v) is 8.42. The molecule has 0 unspecified atom stereocenters. The Morgan fingerprint density at radius 1 is 0.875 bits per heavy atom. The Hall–Kier alpha value is -3.57. The number of imide groups is 1. The third kappa shape index (κ3) is 3.87. The summed E-state index contributed by atoms with van der Waals surface area (Å²) < 4.78 is 0. The second kappa shape index (κ2) is 8.52. The van der Waals surface area contributed by atoms with Crippen molar-refractivity contribution >= 4 is 46.1 Å². The summed E-state index contributed by atoms with van der Waals surface area (Å²) in [4.78, 5) is 30.3. The maximum absolute atomic E-state index is 13.6. The fraction of sp³-hybridized carbons (Fsp3) is 0.154. The first kappa shape index (κ1) is 21.7. The van der Waals surface area contributed by atoms with Crippen molar-refractivity contribution in [3.63, 3.8) is 0 Å². The zero-order chi connectivity index (χ0) is 23.0. The summed E-state index contributed by atoms with van der Waals surface area (Å²) in [6, 6.07) is 20.4. The minimum Gasteiger partial charge on any atom is -0.378 e. The quantitative estimate of drug-likeness (QED) is 0.533. The Morgan fingerprint density at radius 2 is 1.56 bits per heavy atom. The Kier molecular flexibility index (Phi) is 5.76. The fourth-order valence-corrected chi connectivity index (χ4v) is 3.83. The molecule has 0 bridgehead atoms. The predicted octanol–water partition coefficient (Wildman–Crippen LogP) is 5.42. The zero-order valence-electron chi connectivity index (χ0n) is 18.4. The number of carbonyl (C=O) groups is 2. The molecule has 1 aliphatic heterocycles. The first-order valence-electron chi connectivity index (χ1n) is 10.3. The number of halogens is 1. The van der Waals surface area contributed by atoms with Crippen molar-refractivity contribution in [2.24, 2.45) is 0 Å². The maximum atomic E-state index is 13.6. The summed E-state index contributed by atoms with van der Waals surface area (Å²) in [6.07, 6.45) is 0. The van der Waals surface area contributed by atoms with Crippen LogP contribution in [0.15, 0.2) is 72.4 Å². The van der Waals surface area contributed by atoms with Crippen LogP contribution in [-0.2, 0) is 9.59 Å². The van der Waals surface area contributed by atoms with Crippen molar-refractivity contribution in [3.8, 4) is 0 Å². The number of hydrogen-bond donors (Lipinski definition) is 1. The van der Waals surface area contributed by atoms with E-state index in [0.717, 1.165) is 16.8 Å². The van der Waals surface area contributed by atoms with Crippen molar-refractivity contribution in [1.82, 2.24) is 0 Å².